The average molecular weight is 517 g/mol. The predicted octanol–water partition coefficient (Wildman–Crippen LogP) is 1.34. The van der Waals surface area contributed by atoms with Crippen molar-refractivity contribution in [2.75, 3.05) is 20.1 Å². The van der Waals surface area contributed by atoms with Gasteiger partial charge in [-0.25, -0.2) is 4.79 Å². The molecular formula is C23H30Cl2N2O7. The van der Waals surface area contributed by atoms with Gasteiger partial charge in [-0.1, -0.05) is 6.07 Å². The van der Waals surface area contributed by atoms with Crippen LogP contribution in [0.4, 0.5) is 0 Å². The first-order valence-electron chi connectivity index (χ1n) is 11.0. The maximum atomic E-state index is 12.7. The molecule has 0 amide bonds. The summed E-state index contributed by atoms with van der Waals surface area (Å²) < 4.78 is 17.0. The van der Waals surface area contributed by atoms with Crippen LogP contribution in [-0.2, 0) is 30.9 Å². The van der Waals surface area contributed by atoms with Crippen molar-refractivity contribution >= 4 is 36.8 Å². The number of phenolic OH excluding ortho intramolecular Hbond substituents is 1. The number of likely N-dealkylation sites (N-methyl/N-ethyl adjacent to an activating group) is 1. The van der Waals surface area contributed by atoms with Gasteiger partial charge in [-0.3, -0.25) is 4.79 Å². The van der Waals surface area contributed by atoms with Crippen molar-refractivity contribution in [3.63, 3.8) is 0 Å². The minimum atomic E-state index is -1.13. The number of aromatic hydroxyl groups is 1. The first-order valence-corrected chi connectivity index (χ1v) is 11.0. The molecule has 5 atom stereocenters. The van der Waals surface area contributed by atoms with Gasteiger partial charge in [-0.15, -0.1) is 24.8 Å². The summed E-state index contributed by atoms with van der Waals surface area (Å²) in [5.74, 6) is -0.685. The van der Waals surface area contributed by atoms with E-state index < -0.39 is 35.2 Å². The summed E-state index contributed by atoms with van der Waals surface area (Å²) in [6.07, 6.45) is 1.32. The molecule has 1 aromatic rings. The number of hydrogen-bond acceptors (Lipinski definition) is 9. The number of nitrogens with zero attached hydrogens (tertiary/aromatic N) is 1. The SMILES string of the molecule is CC(OC(=O)CCN)C(=O)OC1=CCC2(O)C3Cc4ccc(O)c5c4C2(CCN3C)C1O5.Cl.Cl. The smallest absolute Gasteiger partial charge is 0.352 e. The monoisotopic (exact) mass is 516 g/mol. The van der Waals surface area contributed by atoms with Crippen molar-refractivity contribution in [2.24, 2.45) is 5.73 Å². The van der Waals surface area contributed by atoms with Crippen LogP contribution in [0.2, 0.25) is 0 Å². The predicted molar refractivity (Wildman–Crippen MR) is 126 cm³/mol. The molecule has 9 nitrogen and oxygen atoms in total. The van der Waals surface area contributed by atoms with E-state index in [4.69, 9.17) is 19.9 Å². The Morgan fingerprint density at radius 2 is 2.09 bits per heavy atom. The standard InChI is InChI=1S/C23H28N2O7.2ClH/c1-12(30-17(27)6-9-24)21(28)31-15-5-7-23(29)16-11-13-3-4-14(26)19-18(13)22(23,20(15)32-19)8-10-25(16)2;;/h3-5,12,16,20,26,29H,6-11,24H2,1-2H3;2*1H. The zero-order valence-corrected chi connectivity index (χ0v) is 20.6. The Bertz CT molecular complexity index is 1030. The normalized spacial score (nSPS) is 31.0. The van der Waals surface area contributed by atoms with E-state index in [0.29, 0.717) is 18.6 Å². The van der Waals surface area contributed by atoms with E-state index in [0.717, 1.165) is 17.7 Å². The molecule has 1 aromatic carbocycles. The molecule has 5 rings (SSSR count). The van der Waals surface area contributed by atoms with Crippen LogP contribution in [0.1, 0.15) is 37.3 Å². The number of ether oxygens (including phenoxy) is 3. The number of piperidine rings is 1. The fraction of sp³-hybridized carbons (Fsp3) is 0.565. The van der Waals surface area contributed by atoms with Gasteiger partial charge in [0.05, 0.1) is 17.4 Å². The lowest BCUT2D eigenvalue weighted by Gasteiger charge is -2.61. The number of halogens is 2. The molecular weight excluding hydrogens is 487 g/mol. The summed E-state index contributed by atoms with van der Waals surface area (Å²) in [7, 11) is 2.00. The van der Waals surface area contributed by atoms with E-state index in [1.54, 1.807) is 12.1 Å². The van der Waals surface area contributed by atoms with Gasteiger partial charge in [-0.2, -0.15) is 0 Å². The van der Waals surface area contributed by atoms with Crippen molar-refractivity contribution in [3.05, 3.63) is 35.1 Å². The van der Waals surface area contributed by atoms with Gasteiger partial charge < -0.3 is 35.1 Å². The molecule has 188 valence electrons. The maximum absolute atomic E-state index is 12.7. The van der Waals surface area contributed by atoms with Crippen LogP contribution in [0.15, 0.2) is 24.0 Å². The molecule has 4 aliphatic rings. The highest BCUT2D eigenvalue weighted by Crippen LogP contribution is 2.65. The third-order valence-electron chi connectivity index (χ3n) is 7.56. The van der Waals surface area contributed by atoms with E-state index in [1.807, 2.05) is 13.1 Å². The second-order valence-electron chi connectivity index (χ2n) is 9.19. The molecule has 1 fully saturated rings. The van der Waals surface area contributed by atoms with E-state index in [1.165, 1.54) is 6.92 Å². The molecule has 2 aliphatic heterocycles. The van der Waals surface area contributed by atoms with Crippen molar-refractivity contribution in [3.8, 4) is 11.5 Å². The molecule has 1 spiro atoms. The van der Waals surface area contributed by atoms with Crippen molar-refractivity contribution in [1.29, 1.82) is 0 Å². The number of esters is 2. The summed E-state index contributed by atoms with van der Waals surface area (Å²) in [5, 5.41) is 22.6. The highest BCUT2D eigenvalue weighted by Gasteiger charge is 2.72. The van der Waals surface area contributed by atoms with Gasteiger partial charge in [-0.05, 0) is 51.1 Å². The highest BCUT2D eigenvalue weighted by molar-refractivity contribution is 5.85. The number of benzene rings is 1. The summed E-state index contributed by atoms with van der Waals surface area (Å²) in [6, 6.07) is 3.36. The zero-order valence-electron chi connectivity index (χ0n) is 19.0. The lowest BCUT2D eigenvalue weighted by Crippen LogP contribution is -2.74. The van der Waals surface area contributed by atoms with Gasteiger partial charge in [0.15, 0.2) is 23.7 Å². The molecule has 0 aromatic heterocycles. The van der Waals surface area contributed by atoms with E-state index >= 15 is 0 Å². The third-order valence-corrected chi connectivity index (χ3v) is 7.56. The van der Waals surface area contributed by atoms with Gasteiger partial charge in [0.2, 0.25) is 0 Å². The Balaban J connectivity index is 0.00000162. The zero-order chi connectivity index (χ0) is 22.8. The fourth-order valence-electron chi connectivity index (χ4n) is 6.06. The first kappa shape index (κ1) is 26.6. The van der Waals surface area contributed by atoms with Gasteiger partial charge >= 0.3 is 11.9 Å². The lowest BCUT2D eigenvalue weighted by atomic mass is 9.50. The maximum Gasteiger partial charge on any atom is 0.352 e. The Hall–Kier alpha value is -2.04. The minimum absolute atomic E-state index is 0. The summed E-state index contributed by atoms with van der Waals surface area (Å²) >= 11 is 0. The number of likely N-dealkylation sites (tertiary alicyclic amines) is 1. The molecule has 2 aliphatic carbocycles. The second-order valence-corrected chi connectivity index (χ2v) is 9.19. The number of phenols is 1. The fourth-order valence-corrected chi connectivity index (χ4v) is 6.06. The Morgan fingerprint density at radius 1 is 1.35 bits per heavy atom. The number of aliphatic hydroxyl groups is 1. The van der Waals surface area contributed by atoms with Crippen molar-refractivity contribution < 1.29 is 34.0 Å². The molecule has 0 saturated carbocycles. The number of rotatable bonds is 5. The van der Waals surface area contributed by atoms with Crippen LogP contribution in [-0.4, -0.2) is 71.0 Å². The molecule has 2 bridgehead atoms. The quantitative estimate of drug-likeness (QED) is 0.495. The molecule has 2 heterocycles. The Labute approximate surface area is 210 Å². The molecule has 34 heavy (non-hydrogen) atoms. The van der Waals surface area contributed by atoms with Crippen LogP contribution in [0, 0.1) is 0 Å². The molecule has 11 heteroatoms. The van der Waals surface area contributed by atoms with E-state index in [9.17, 15) is 19.8 Å². The largest absolute Gasteiger partial charge is 0.504 e. The van der Waals surface area contributed by atoms with Crippen molar-refractivity contribution in [2.45, 2.75) is 61.9 Å². The van der Waals surface area contributed by atoms with Crippen molar-refractivity contribution in [1.82, 2.24) is 4.90 Å². The Morgan fingerprint density at radius 3 is 2.79 bits per heavy atom. The summed E-state index contributed by atoms with van der Waals surface area (Å²) in [4.78, 5) is 26.6. The number of nitrogens with two attached hydrogens (primary N) is 1. The number of carbonyl (C=O) groups is 2. The van der Waals surface area contributed by atoms with Crippen LogP contribution in [0.5, 0.6) is 11.5 Å². The highest BCUT2D eigenvalue weighted by atomic mass is 35.5. The van der Waals surface area contributed by atoms with Gasteiger partial charge in [0.1, 0.15) is 5.76 Å². The van der Waals surface area contributed by atoms with Crippen LogP contribution < -0.4 is 10.5 Å². The number of hydrogen-bond donors (Lipinski definition) is 3. The lowest BCUT2D eigenvalue weighted by molar-refractivity contribution is -0.175. The van der Waals surface area contributed by atoms with Crippen LogP contribution >= 0.6 is 24.8 Å². The van der Waals surface area contributed by atoms with Gasteiger partial charge in [0, 0.05) is 24.6 Å². The second kappa shape index (κ2) is 9.20. The van der Waals surface area contributed by atoms with Crippen LogP contribution in [0.3, 0.4) is 0 Å². The first-order chi connectivity index (χ1) is 15.2. The summed E-state index contributed by atoms with van der Waals surface area (Å²) in [5.41, 5.74) is 5.23. The minimum Gasteiger partial charge on any atom is -0.504 e. The molecule has 5 unspecified atom stereocenters. The third kappa shape index (κ3) is 3.48. The van der Waals surface area contributed by atoms with Crippen LogP contribution in [0.25, 0.3) is 0 Å². The number of carbonyl (C=O) groups excluding carboxylic acids is 2. The Kier molecular flexibility index (Phi) is 7.19. The molecule has 1 saturated heterocycles. The average Bonchev–Trinajstić information content (AvgIpc) is 3.10. The molecule has 4 N–H and O–H groups in total. The van der Waals surface area contributed by atoms with Gasteiger partial charge in [0.25, 0.3) is 0 Å². The summed E-state index contributed by atoms with van der Waals surface area (Å²) in [6.45, 7) is 2.30. The van der Waals surface area contributed by atoms with E-state index in [2.05, 4.69) is 4.90 Å². The van der Waals surface area contributed by atoms with E-state index in [-0.39, 0.29) is 61.8 Å². The topological polar surface area (TPSA) is 132 Å². The molecule has 0 radical (unpaired) electrons.